The van der Waals surface area contributed by atoms with Crippen molar-refractivity contribution in [2.75, 3.05) is 74.6 Å². The molecule has 1 spiro atoms. The maximum atomic E-state index is 15.5. The molecule has 5 aliphatic rings. The Morgan fingerprint density at radius 3 is 2.49 bits per heavy atom. The van der Waals surface area contributed by atoms with Crippen LogP contribution in [0.4, 0.5) is 27.5 Å². The monoisotopic (exact) mass is 882 g/mol. The molecule has 332 valence electrons. The van der Waals surface area contributed by atoms with E-state index in [-0.39, 0.29) is 66.5 Å². The molecule has 63 heavy (non-hydrogen) atoms. The van der Waals surface area contributed by atoms with E-state index in [4.69, 9.17) is 21.3 Å². The lowest BCUT2D eigenvalue weighted by Crippen LogP contribution is -2.58. The lowest BCUT2D eigenvalue weighted by molar-refractivity contribution is -0.137. The Kier molecular flexibility index (Phi) is 11.5. The molecule has 1 aliphatic carbocycles. The number of likely N-dealkylation sites (N-methyl/N-ethyl adjacent to an activating group) is 1. The summed E-state index contributed by atoms with van der Waals surface area (Å²) < 4.78 is 22.8. The number of imide groups is 1. The summed E-state index contributed by atoms with van der Waals surface area (Å²) in [5.41, 5.74) is 2.82. The molecule has 2 aromatic heterocycles. The summed E-state index contributed by atoms with van der Waals surface area (Å²) in [6, 6.07) is 9.51. The van der Waals surface area contributed by atoms with Crippen molar-refractivity contribution < 1.29 is 28.3 Å². The fraction of sp³-hybridized carbons (Fsp3) is 0.489. The molecule has 3 N–H and O–H groups in total. The molecular formula is C45H52ClFN10O6. The third kappa shape index (κ3) is 8.40. The molecule has 9 rings (SSSR count). The van der Waals surface area contributed by atoms with E-state index >= 15 is 4.39 Å². The number of hydrogen-bond acceptors (Lipinski definition) is 12. The SMILES string of the molecule is CNC(=O)COc1cc2cc(Nc3nc(N4CCN(CC5CCC6(CC5)CN(c5cc7c(cc5F)C(=O)N(C5CCC(=O)NC5=O)C7)C6)CC4)ncc3Cl)ccc2n(C(C)C)c1=O. The van der Waals surface area contributed by atoms with Crippen LogP contribution in [0.25, 0.3) is 10.9 Å². The Hall–Kier alpha value is -5.81. The Morgan fingerprint density at radius 1 is 1.02 bits per heavy atom. The Bertz CT molecular complexity index is 2550. The molecule has 2 aromatic carbocycles. The lowest BCUT2D eigenvalue weighted by atomic mass is 9.65. The summed E-state index contributed by atoms with van der Waals surface area (Å²) in [5, 5.41) is 9.28. The van der Waals surface area contributed by atoms with E-state index in [9.17, 15) is 24.0 Å². The Labute approximate surface area is 369 Å². The maximum Gasteiger partial charge on any atom is 0.293 e. The standard InChI is InChI=1S/C45H52ClFN10O6/c1-26(2)57-34-5-4-30(16-28(34)18-37(43(57)62)63-23-39(59)48-3)50-40-32(46)20-49-44(52-40)54-14-12-53(13-15-54)21-27-8-10-45(11-9-27)24-55(25-45)36-17-29-22-56(42(61)31(29)19-33(36)47)35-6-7-38(58)51-41(35)60/h4-5,16-20,26-27,35H,6-15,21-25H2,1-3H3,(H,48,59)(H,49,50,52)(H,51,58,60). The van der Waals surface area contributed by atoms with E-state index in [1.54, 1.807) is 22.9 Å². The van der Waals surface area contributed by atoms with Gasteiger partial charge in [-0.05, 0) is 93.8 Å². The van der Waals surface area contributed by atoms with Gasteiger partial charge in [-0.15, -0.1) is 0 Å². The summed E-state index contributed by atoms with van der Waals surface area (Å²) in [5.74, 6) is -0.195. The highest BCUT2D eigenvalue weighted by molar-refractivity contribution is 6.33. The maximum absolute atomic E-state index is 15.5. The minimum atomic E-state index is -0.727. The van der Waals surface area contributed by atoms with Crippen LogP contribution in [-0.4, -0.2) is 113 Å². The van der Waals surface area contributed by atoms with Gasteiger partial charge in [0.25, 0.3) is 17.4 Å². The number of aromatic nitrogens is 3. The fourth-order valence-electron chi connectivity index (χ4n) is 10.0. The predicted octanol–water partition coefficient (Wildman–Crippen LogP) is 4.61. The van der Waals surface area contributed by atoms with Gasteiger partial charge in [-0.2, -0.15) is 4.98 Å². The van der Waals surface area contributed by atoms with Crippen molar-refractivity contribution in [2.24, 2.45) is 11.3 Å². The van der Waals surface area contributed by atoms with Crippen molar-refractivity contribution >= 4 is 69.3 Å². The highest BCUT2D eigenvalue weighted by atomic mass is 35.5. The third-order valence-electron chi connectivity index (χ3n) is 13.5. The van der Waals surface area contributed by atoms with Crippen molar-refractivity contribution in [3.05, 3.63) is 74.9 Å². The van der Waals surface area contributed by atoms with Crippen molar-refractivity contribution in [1.82, 2.24) is 35.0 Å². The van der Waals surface area contributed by atoms with Crippen molar-refractivity contribution in [2.45, 2.75) is 71.0 Å². The molecule has 4 fully saturated rings. The fourth-order valence-corrected chi connectivity index (χ4v) is 10.1. The topological polar surface area (TPSA) is 174 Å². The van der Waals surface area contributed by atoms with Crippen LogP contribution in [0.3, 0.4) is 0 Å². The first-order valence-corrected chi connectivity index (χ1v) is 22.2. The molecule has 1 atom stereocenters. The molecule has 1 saturated carbocycles. The molecule has 6 heterocycles. The van der Waals surface area contributed by atoms with Crippen molar-refractivity contribution in [3.63, 3.8) is 0 Å². The number of benzene rings is 2. The van der Waals surface area contributed by atoms with Gasteiger partial charge in [-0.25, -0.2) is 9.37 Å². The van der Waals surface area contributed by atoms with Gasteiger partial charge >= 0.3 is 0 Å². The van der Waals surface area contributed by atoms with E-state index in [1.165, 1.54) is 18.0 Å². The predicted molar refractivity (Wildman–Crippen MR) is 236 cm³/mol. The van der Waals surface area contributed by atoms with Gasteiger partial charge in [0.15, 0.2) is 18.2 Å². The summed E-state index contributed by atoms with van der Waals surface area (Å²) in [7, 11) is 1.51. The molecule has 4 aromatic rings. The number of amides is 4. The van der Waals surface area contributed by atoms with E-state index < -0.39 is 17.8 Å². The first-order chi connectivity index (χ1) is 30.3. The molecular weight excluding hydrogens is 831 g/mol. The minimum Gasteiger partial charge on any atom is -0.478 e. The molecule has 3 saturated heterocycles. The zero-order valence-electron chi connectivity index (χ0n) is 35.7. The number of carbonyl (C=O) groups excluding carboxylic acids is 4. The van der Waals surface area contributed by atoms with Crippen LogP contribution in [0.2, 0.25) is 5.02 Å². The van der Waals surface area contributed by atoms with Gasteiger partial charge in [-0.3, -0.25) is 34.2 Å². The van der Waals surface area contributed by atoms with Crippen LogP contribution >= 0.6 is 11.6 Å². The van der Waals surface area contributed by atoms with Crippen molar-refractivity contribution in [1.29, 1.82) is 0 Å². The number of piperazine rings is 1. The molecule has 1 unspecified atom stereocenters. The number of nitrogens with one attached hydrogen (secondary N) is 3. The number of nitrogens with zero attached hydrogens (tertiary/aromatic N) is 7. The van der Waals surface area contributed by atoms with Crippen LogP contribution in [0.1, 0.15) is 74.3 Å². The van der Waals surface area contributed by atoms with E-state index in [0.29, 0.717) is 39.6 Å². The number of anilines is 4. The summed E-state index contributed by atoms with van der Waals surface area (Å²) >= 11 is 6.61. The number of pyridine rings is 1. The van der Waals surface area contributed by atoms with Gasteiger partial charge in [0.2, 0.25) is 17.8 Å². The average Bonchev–Trinajstić information content (AvgIpc) is 3.56. The lowest BCUT2D eigenvalue weighted by Gasteiger charge is -2.55. The molecule has 4 aliphatic heterocycles. The Balaban J connectivity index is 0.766. The van der Waals surface area contributed by atoms with Crippen LogP contribution in [-0.2, 0) is 20.9 Å². The number of ether oxygens (including phenoxy) is 1. The van der Waals surface area contributed by atoms with Crippen molar-refractivity contribution in [3.8, 4) is 5.75 Å². The second-order valence-electron chi connectivity index (χ2n) is 18.0. The van der Waals surface area contributed by atoms with Gasteiger partial charge < -0.3 is 34.6 Å². The molecule has 0 bridgehead atoms. The second kappa shape index (κ2) is 17.1. The first kappa shape index (κ1) is 42.5. The molecule has 18 heteroatoms. The van der Waals surface area contributed by atoms with Gasteiger partial charge in [-0.1, -0.05) is 11.6 Å². The van der Waals surface area contributed by atoms with Crippen LogP contribution in [0, 0.1) is 17.2 Å². The normalized spacial score (nSPS) is 20.3. The molecule has 16 nitrogen and oxygen atoms in total. The largest absolute Gasteiger partial charge is 0.478 e. The zero-order chi connectivity index (χ0) is 44.2. The average molecular weight is 883 g/mol. The highest BCUT2D eigenvalue weighted by Crippen LogP contribution is 2.48. The number of fused-ring (bicyclic) bond motifs is 2. The van der Waals surface area contributed by atoms with E-state index in [2.05, 4.69) is 35.6 Å². The molecule has 0 radical (unpaired) electrons. The number of piperidine rings is 1. The number of carbonyl (C=O) groups is 4. The van der Waals surface area contributed by atoms with Crippen LogP contribution in [0.15, 0.2) is 47.4 Å². The highest BCUT2D eigenvalue weighted by Gasteiger charge is 2.47. The minimum absolute atomic E-state index is 0.0887. The van der Waals surface area contributed by atoms with E-state index in [0.717, 1.165) is 88.0 Å². The Morgan fingerprint density at radius 2 is 1.78 bits per heavy atom. The number of halogens is 2. The quantitative estimate of drug-likeness (QED) is 0.179. The van der Waals surface area contributed by atoms with E-state index in [1.807, 2.05) is 32.0 Å². The summed E-state index contributed by atoms with van der Waals surface area (Å²) in [6.45, 7) is 9.73. The van der Waals surface area contributed by atoms with Crippen LogP contribution < -0.4 is 36.0 Å². The third-order valence-corrected chi connectivity index (χ3v) is 13.7. The summed E-state index contributed by atoms with van der Waals surface area (Å²) in [4.78, 5) is 80.0. The first-order valence-electron chi connectivity index (χ1n) is 21.8. The number of rotatable bonds is 11. The van der Waals surface area contributed by atoms with Gasteiger partial charge in [0.05, 0.1) is 17.4 Å². The van der Waals surface area contributed by atoms with Gasteiger partial charge in [0, 0.05) is 93.9 Å². The smallest absolute Gasteiger partial charge is 0.293 e. The van der Waals surface area contributed by atoms with Gasteiger partial charge in [0.1, 0.15) is 16.9 Å². The molecule has 4 amide bonds. The number of hydrogen-bond donors (Lipinski definition) is 3. The summed E-state index contributed by atoms with van der Waals surface area (Å²) in [6.07, 6.45) is 6.50. The van der Waals surface area contributed by atoms with Crippen LogP contribution in [0.5, 0.6) is 5.75 Å². The zero-order valence-corrected chi connectivity index (χ0v) is 36.5. The second-order valence-corrected chi connectivity index (χ2v) is 18.4.